The van der Waals surface area contributed by atoms with Gasteiger partial charge >= 0.3 is 11.7 Å². The van der Waals surface area contributed by atoms with Crippen LogP contribution in [0, 0.1) is 0 Å². The number of phenols is 2. The average Bonchev–Trinajstić information content (AvgIpc) is 2.75. The molecule has 1 aromatic heterocycles. The molecular formula is C21H20N4O7. The van der Waals surface area contributed by atoms with Gasteiger partial charge in [-0.05, 0) is 17.7 Å². The number of rotatable bonds is 6. The Morgan fingerprint density at radius 3 is 2.47 bits per heavy atom. The summed E-state index contributed by atoms with van der Waals surface area (Å²) in [6, 6.07) is 12.1. The Morgan fingerprint density at radius 2 is 1.81 bits per heavy atom. The van der Waals surface area contributed by atoms with Gasteiger partial charge in [0, 0.05) is 13.1 Å². The van der Waals surface area contributed by atoms with Gasteiger partial charge in [0.25, 0.3) is 11.5 Å². The lowest BCUT2D eigenvalue weighted by molar-refractivity contribution is -0.121. The van der Waals surface area contributed by atoms with E-state index in [1.165, 1.54) is 13.1 Å². The first-order valence-corrected chi connectivity index (χ1v) is 9.31. The van der Waals surface area contributed by atoms with Crippen molar-refractivity contribution in [3.8, 4) is 11.5 Å². The number of nitrogen functional groups attached to an aromatic ring is 1. The molecule has 0 fully saturated rings. The first kappa shape index (κ1) is 22.2. The first-order chi connectivity index (χ1) is 15.2. The first-order valence-electron chi connectivity index (χ1n) is 9.31. The Labute approximate surface area is 180 Å². The minimum atomic E-state index is -1.01. The summed E-state index contributed by atoms with van der Waals surface area (Å²) in [5.74, 6) is -2.83. The highest BCUT2D eigenvalue weighted by Crippen LogP contribution is 2.23. The summed E-state index contributed by atoms with van der Waals surface area (Å²) >= 11 is 0. The monoisotopic (exact) mass is 440 g/mol. The molecule has 166 valence electrons. The van der Waals surface area contributed by atoms with Gasteiger partial charge < -0.3 is 25.6 Å². The summed E-state index contributed by atoms with van der Waals surface area (Å²) in [7, 11) is 1.24. The number of aromatic hydroxyl groups is 2. The van der Waals surface area contributed by atoms with Crippen LogP contribution in [-0.2, 0) is 16.1 Å². The number of phenolic OH excluding ortho intramolecular Hbond substituents is 2. The van der Waals surface area contributed by atoms with Crippen LogP contribution in [0.15, 0.2) is 58.1 Å². The van der Waals surface area contributed by atoms with E-state index in [0.29, 0.717) is 0 Å². The Bertz CT molecular complexity index is 1280. The Hall–Kier alpha value is -4.54. The molecule has 0 aliphatic carbocycles. The van der Waals surface area contributed by atoms with Crippen molar-refractivity contribution in [1.82, 2.24) is 9.55 Å². The summed E-state index contributed by atoms with van der Waals surface area (Å²) in [5, 5.41) is 19.0. The topological polar surface area (TPSA) is 168 Å². The minimum absolute atomic E-state index is 0.0619. The van der Waals surface area contributed by atoms with E-state index in [2.05, 4.69) is 4.98 Å². The summed E-state index contributed by atoms with van der Waals surface area (Å²) in [6.07, 6.45) is 0. The van der Waals surface area contributed by atoms with E-state index in [4.69, 9.17) is 10.5 Å². The summed E-state index contributed by atoms with van der Waals surface area (Å²) in [6.45, 7) is -0.710. The third kappa shape index (κ3) is 4.61. The highest BCUT2D eigenvalue weighted by molar-refractivity contribution is 5.98. The van der Waals surface area contributed by atoms with Gasteiger partial charge in [0.05, 0.1) is 6.54 Å². The second kappa shape index (κ2) is 9.08. The number of nitrogens with two attached hydrogens (primary N) is 1. The predicted octanol–water partition coefficient (Wildman–Crippen LogP) is 0.398. The molecule has 0 saturated heterocycles. The number of carbonyl (C=O) groups excluding carboxylic acids is 2. The fraction of sp³-hybridized carbons (Fsp3) is 0.143. The lowest BCUT2D eigenvalue weighted by Gasteiger charge is -2.20. The van der Waals surface area contributed by atoms with Crippen molar-refractivity contribution >= 4 is 23.4 Å². The van der Waals surface area contributed by atoms with Gasteiger partial charge in [-0.3, -0.25) is 19.1 Å². The molecule has 0 saturated carbocycles. The van der Waals surface area contributed by atoms with Gasteiger partial charge in [-0.1, -0.05) is 30.3 Å². The van der Waals surface area contributed by atoms with E-state index in [9.17, 15) is 29.4 Å². The molecular weight excluding hydrogens is 420 g/mol. The number of H-pyrrole nitrogens is 1. The van der Waals surface area contributed by atoms with E-state index in [-0.39, 0.29) is 29.4 Å². The molecule has 1 heterocycles. The van der Waals surface area contributed by atoms with Crippen LogP contribution in [0.2, 0.25) is 0 Å². The fourth-order valence-corrected chi connectivity index (χ4v) is 2.94. The van der Waals surface area contributed by atoms with Crippen molar-refractivity contribution < 1.29 is 24.5 Å². The molecule has 0 aliphatic heterocycles. The number of amides is 1. The number of nitrogens with zero attached hydrogens (tertiary/aromatic N) is 2. The average molecular weight is 440 g/mol. The van der Waals surface area contributed by atoms with Crippen LogP contribution in [0.3, 0.4) is 0 Å². The highest BCUT2D eigenvalue weighted by atomic mass is 16.5. The molecule has 0 radical (unpaired) electrons. The minimum Gasteiger partial charge on any atom is -0.508 e. The number of anilines is 2. The zero-order chi connectivity index (χ0) is 23.4. The number of likely N-dealkylation sites (N-methyl/N-ethyl adjacent to an activating group) is 1. The van der Waals surface area contributed by atoms with Gasteiger partial charge in [-0.25, -0.2) is 9.59 Å². The van der Waals surface area contributed by atoms with Crippen LogP contribution >= 0.6 is 0 Å². The highest BCUT2D eigenvalue weighted by Gasteiger charge is 2.23. The maximum atomic E-state index is 12.5. The Morgan fingerprint density at radius 1 is 1.12 bits per heavy atom. The van der Waals surface area contributed by atoms with Crippen molar-refractivity contribution in [2.24, 2.45) is 0 Å². The summed E-state index contributed by atoms with van der Waals surface area (Å²) in [4.78, 5) is 52.2. The largest absolute Gasteiger partial charge is 0.508 e. The standard InChI is InChI=1S/C21H20N4O7/c1-24(16(28)11-32-20(30)14-8-7-13(26)9-15(14)27)17-18(22)25(21(31)23-19(17)29)10-12-5-3-2-4-6-12/h2-9,26-27H,10-11,22H2,1H3,(H,23,29,31). The van der Waals surface area contributed by atoms with Crippen molar-refractivity contribution in [1.29, 1.82) is 0 Å². The summed E-state index contributed by atoms with van der Waals surface area (Å²) < 4.78 is 6.00. The van der Waals surface area contributed by atoms with Crippen molar-refractivity contribution in [2.45, 2.75) is 6.54 Å². The Kier molecular flexibility index (Phi) is 6.29. The SMILES string of the molecule is CN(C(=O)COC(=O)c1ccc(O)cc1O)c1c(N)n(Cc2ccccc2)c(=O)[nH]c1=O. The van der Waals surface area contributed by atoms with Gasteiger partial charge in [-0.15, -0.1) is 0 Å². The van der Waals surface area contributed by atoms with Crippen LogP contribution < -0.4 is 21.9 Å². The number of aromatic nitrogens is 2. The molecule has 0 bridgehead atoms. The number of nitrogens with one attached hydrogen (secondary N) is 1. The number of ether oxygens (including phenoxy) is 1. The molecule has 2 aromatic carbocycles. The smallest absolute Gasteiger partial charge is 0.342 e. The second-order valence-electron chi connectivity index (χ2n) is 6.80. The molecule has 5 N–H and O–H groups in total. The predicted molar refractivity (Wildman–Crippen MR) is 115 cm³/mol. The zero-order valence-corrected chi connectivity index (χ0v) is 16.9. The zero-order valence-electron chi connectivity index (χ0n) is 16.9. The molecule has 11 heteroatoms. The van der Waals surface area contributed by atoms with Crippen LogP contribution in [-0.4, -0.2) is 45.3 Å². The van der Waals surface area contributed by atoms with Crippen LogP contribution in [0.1, 0.15) is 15.9 Å². The molecule has 11 nitrogen and oxygen atoms in total. The molecule has 0 unspecified atom stereocenters. The normalized spacial score (nSPS) is 10.5. The van der Waals surface area contributed by atoms with E-state index >= 15 is 0 Å². The van der Waals surface area contributed by atoms with E-state index in [1.807, 2.05) is 0 Å². The molecule has 3 rings (SSSR count). The van der Waals surface area contributed by atoms with Gasteiger partial charge in [0.1, 0.15) is 22.9 Å². The van der Waals surface area contributed by atoms with Crippen molar-refractivity contribution in [3.05, 3.63) is 80.5 Å². The van der Waals surface area contributed by atoms with E-state index in [0.717, 1.165) is 27.2 Å². The number of benzene rings is 2. The number of hydrogen-bond acceptors (Lipinski definition) is 8. The molecule has 32 heavy (non-hydrogen) atoms. The van der Waals surface area contributed by atoms with Crippen LogP contribution in [0.4, 0.5) is 11.5 Å². The van der Waals surface area contributed by atoms with E-state index < -0.39 is 35.5 Å². The maximum absolute atomic E-state index is 12.5. The van der Waals surface area contributed by atoms with Gasteiger partial charge in [0.15, 0.2) is 12.3 Å². The number of aromatic amines is 1. The second-order valence-corrected chi connectivity index (χ2v) is 6.80. The fourth-order valence-electron chi connectivity index (χ4n) is 2.94. The van der Waals surface area contributed by atoms with Crippen molar-refractivity contribution in [3.63, 3.8) is 0 Å². The van der Waals surface area contributed by atoms with E-state index in [1.54, 1.807) is 30.3 Å². The number of esters is 1. The van der Waals surface area contributed by atoms with Crippen LogP contribution in [0.5, 0.6) is 11.5 Å². The lowest BCUT2D eigenvalue weighted by Crippen LogP contribution is -2.40. The van der Waals surface area contributed by atoms with Gasteiger partial charge in [0.2, 0.25) is 0 Å². The Balaban J connectivity index is 1.80. The maximum Gasteiger partial charge on any atom is 0.342 e. The molecule has 0 aliphatic rings. The molecule has 0 spiro atoms. The summed E-state index contributed by atoms with van der Waals surface area (Å²) in [5.41, 5.74) is 4.62. The third-order valence-corrected chi connectivity index (χ3v) is 4.64. The molecule has 1 amide bonds. The van der Waals surface area contributed by atoms with Crippen LogP contribution in [0.25, 0.3) is 0 Å². The molecule has 0 atom stereocenters. The third-order valence-electron chi connectivity index (χ3n) is 4.64. The van der Waals surface area contributed by atoms with Crippen molar-refractivity contribution in [2.75, 3.05) is 24.3 Å². The number of hydrogen-bond donors (Lipinski definition) is 4. The van der Waals surface area contributed by atoms with Gasteiger partial charge in [-0.2, -0.15) is 0 Å². The molecule has 3 aromatic rings. The lowest BCUT2D eigenvalue weighted by atomic mass is 10.2. The quantitative estimate of drug-likeness (QED) is 0.399. The number of carbonyl (C=O) groups is 2.